The number of nitrogens with one attached hydrogen (secondary N) is 2. The summed E-state index contributed by atoms with van der Waals surface area (Å²) in [5, 5.41) is 24.5. The number of hydrogen-bond acceptors (Lipinski definition) is 6. The van der Waals surface area contributed by atoms with Crippen molar-refractivity contribution in [2.45, 2.75) is 12.3 Å². The molecule has 1 fully saturated rings. The average Bonchev–Trinajstić information content (AvgIpc) is 3.14. The van der Waals surface area contributed by atoms with E-state index in [1.165, 1.54) is 0 Å². The second-order valence-electron chi connectivity index (χ2n) is 6.84. The highest BCUT2D eigenvalue weighted by Gasteiger charge is 2.43. The third-order valence-corrected chi connectivity index (χ3v) is 4.98. The smallest absolute Gasteiger partial charge is 0.232 e. The van der Waals surface area contributed by atoms with Crippen LogP contribution >= 0.6 is 0 Å². The minimum Gasteiger partial charge on any atom is -0.491 e. The standard InChI is InChI=1S/C21H23N3O4/c25-11-16(26)12-28-17-8-6-14(7-9-17)18-10-24(15-4-2-1-3-5-15)20-19(18)21(27)23-13-22-20/h1-10,16,19-20,22,25-26H,11-13H2,(H,23,27). The first-order chi connectivity index (χ1) is 13.7. The maximum Gasteiger partial charge on any atom is 0.232 e. The normalized spacial score (nSPS) is 22.3. The van der Waals surface area contributed by atoms with Crippen molar-refractivity contribution >= 4 is 17.2 Å². The van der Waals surface area contributed by atoms with Crippen molar-refractivity contribution in [3.63, 3.8) is 0 Å². The van der Waals surface area contributed by atoms with Crippen LogP contribution < -0.4 is 20.3 Å². The van der Waals surface area contributed by atoms with Gasteiger partial charge in [0.1, 0.15) is 24.6 Å². The first-order valence-electron chi connectivity index (χ1n) is 9.26. The van der Waals surface area contributed by atoms with Crippen molar-refractivity contribution in [2.75, 3.05) is 24.8 Å². The second-order valence-corrected chi connectivity index (χ2v) is 6.84. The zero-order valence-electron chi connectivity index (χ0n) is 15.3. The lowest BCUT2D eigenvalue weighted by atomic mass is 9.91. The number of aliphatic hydroxyl groups excluding tert-OH is 2. The van der Waals surface area contributed by atoms with Gasteiger partial charge in [0.15, 0.2) is 0 Å². The van der Waals surface area contributed by atoms with Crippen LogP contribution in [-0.2, 0) is 4.79 Å². The molecule has 7 nitrogen and oxygen atoms in total. The predicted octanol–water partition coefficient (Wildman–Crippen LogP) is 0.899. The van der Waals surface area contributed by atoms with Gasteiger partial charge in [-0.1, -0.05) is 30.3 Å². The Kier molecular flexibility index (Phi) is 5.29. The van der Waals surface area contributed by atoms with Gasteiger partial charge >= 0.3 is 0 Å². The van der Waals surface area contributed by atoms with E-state index in [-0.39, 0.29) is 31.2 Å². The molecule has 3 atom stereocenters. The van der Waals surface area contributed by atoms with Gasteiger partial charge in [-0.3, -0.25) is 10.1 Å². The van der Waals surface area contributed by atoms with Crippen molar-refractivity contribution in [2.24, 2.45) is 5.92 Å². The Balaban J connectivity index is 1.60. The minimum atomic E-state index is -0.908. The van der Waals surface area contributed by atoms with Crippen molar-refractivity contribution in [3.8, 4) is 5.75 Å². The summed E-state index contributed by atoms with van der Waals surface area (Å²) in [6.07, 6.45) is 0.977. The highest BCUT2D eigenvalue weighted by atomic mass is 16.5. The molecule has 4 rings (SSSR count). The number of hydrogen-bond donors (Lipinski definition) is 4. The molecule has 2 heterocycles. The molecule has 0 saturated carbocycles. The number of ether oxygens (including phenoxy) is 1. The highest BCUT2D eigenvalue weighted by molar-refractivity contribution is 5.96. The van der Waals surface area contributed by atoms with E-state index >= 15 is 0 Å². The van der Waals surface area contributed by atoms with Crippen molar-refractivity contribution < 1.29 is 19.7 Å². The number of nitrogens with zero attached hydrogens (tertiary/aromatic N) is 1. The van der Waals surface area contributed by atoms with Crippen molar-refractivity contribution in [1.82, 2.24) is 10.6 Å². The van der Waals surface area contributed by atoms with E-state index in [1.54, 1.807) is 12.1 Å². The van der Waals surface area contributed by atoms with Crippen LogP contribution in [0.3, 0.4) is 0 Å². The van der Waals surface area contributed by atoms with Crippen LogP contribution in [0.5, 0.6) is 5.75 Å². The summed E-state index contributed by atoms with van der Waals surface area (Å²) in [7, 11) is 0. The third-order valence-electron chi connectivity index (χ3n) is 4.98. The number of carbonyl (C=O) groups is 1. The van der Waals surface area contributed by atoms with Crippen molar-refractivity contribution in [1.29, 1.82) is 0 Å². The lowest BCUT2D eigenvalue weighted by molar-refractivity contribution is -0.125. The van der Waals surface area contributed by atoms with Crippen LogP contribution in [0.4, 0.5) is 5.69 Å². The fourth-order valence-corrected chi connectivity index (χ4v) is 3.57. The van der Waals surface area contributed by atoms with Gasteiger partial charge in [-0.05, 0) is 35.4 Å². The molecule has 4 N–H and O–H groups in total. The van der Waals surface area contributed by atoms with Gasteiger partial charge < -0.3 is 25.2 Å². The maximum atomic E-state index is 12.6. The fourth-order valence-electron chi connectivity index (χ4n) is 3.57. The Labute approximate surface area is 163 Å². The summed E-state index contributed by atoms with van der Waals surface area (Å²) in [5.74, 6) is 0.272. The van der Waals surface area contributed by atoms with Crippen LogP contribution in [0.15, 0.2) is 60.8 Å². The van der Waals surface area contributed by atoms with E-state index in [1.807, 2.05) is 48.7 Å². The van der Waals surface area contributed by atoms with Crippen LogP contribution in [-0.4, -0.2) is 48.3 Å². The summed E-state index contributed by atoms with van der Waals surface area (Å²) >= 11 is 0. The van der Waals surface area contributed by atoms with E-state index in [4.69, 9.17) is 9.84 Å². The molecule has 0 spiro atoms. The van der Waals surface area contributed by atoms with Crippen LogP contribution in [0.25, 0.3) is 5.57 Å². The molecule has 2 aromatic carbocycles. The molecule has 0 aliphatic carbocycles. The van der Waals surface area contributed by atoms with Gasteiger partial charge in [0.2, 0.25) is 5.91 Å². The SMILES string of the molecule is O=C1NCNC2C1C(c1ccc(OCC(O)CO)cc1)=CN2c1ccccc1. The average molecular weight is 381 g/mol. The van der Waals surface area contributed by atoms with E-state index in [0.717, 1.165) is 16.8 Å². The molecule has 0 aromatic heterocycles. The molecule has 146 valence electrons. The summed E-state index contributed by atoms with van der Waals surface area (Å²) in [6, 6.07) is 17.4. The second kappa shape index (κ2) is 8.02. The summed E-state index contributed by atoms with van der Waals surface area (Å²) in [6.45, 7) is 0.118. The Bertz CT molecular complexity index is 854. The largest absolute Gasteiger partial charge is 0.491 e. The zero-order valence-corrected chi connectivity index (χ0v) is 15.3. The van der Waals surface area contributed by atoms with E-state index in [0.29, 0.717) is 12.4 Å². The minimum absolute atomic E-state index is 0.000161. The molecular formula is C21H23N3O4. The lowest BCUT2D eigenvalue weighted by Gasteiger charge is -2.34. The van der Waals surface area contributed by atoms with Gasteiger partial charge in [0.25, 0.3) is 0 Å². The Hall–Kier alpha value is -2.87. The van der Waals surface area contributed by atoms with Crippen LogP contribution in [0.2, 0.25) is 0 Å². The molecule has 0 bridgehead atoms. The fraction of sp³-hybridized carbons (Fsp3) is 0.286. The molecule has 2 aliphatic heterocycles. The summed E-state index contributed by atoms with van der Waals surface area (Å²) < 4.78 is 5.46. The van der Waals surface area contributed by atoms with Gasteiger partial charge in [0, 0.05) is 11.9 Å². The van der Waals surface area contributed by atoms with E-state index in [9.17, 15) is 9.90 Å². The molecule has 0 radical (unpaired) electrons. The number of amides is 1. The van der Waals surface area contributed by atoms with Crippen LogP contribution in [0, 0.1) is 5.92 Å². The quantitative estimate of drug-likeness (QED) is 0.594. The molecule has 2 aliphatic rings. The molecule has 1 amide bonds. The van der Waals surface area contributed by atoms with Crippen molar-refractivity contribution in [3.05, 3.63) is 66.4 Å². The first-order valence-corrected chi connectivity index (χ1v) is 9.26. The van der Waals surface area contributed by atoms with E-state index in [2.05, 4.69) is 15.5 Å². The molecule has 3 unspecified atom stereocenters. The third kappa shape index (κ3) is 3.60. The molecule has 1 saturated heterocycles. The van der Waals surface area contributed by atoms with Gasteiger partial charge in [0.05, 0.1) is 19.2 Å². The van der Waals surface area contributed by atoms with E-state index < -0.39 is 6.10 Å². The maximum absolute atomic E-state index is 12.6. The highest BCUT2D eigenvalue weighted by Crippen LogP contribution is 2.38. The first kappa shape index (κ1) is 18.5. The van der Waals surface area contributed by atoms with Crippen LogP contribution in [0.1, 0.15) is 5.56 Å². The topological polar surface area (TPSA) is 94.1 Å². The molecule has 2 aromatic rings. The Morgan fingerprint density at radius 2 is 1.89 bits per heavy atom. The van der Waals surface area contributed by atoms with Gasteiger partial charge in [-0.25, -0.2) is 0 Å². The predicted molar refractivity (Wildman–Crippen MR) is 105 cm³/mol. The summed E-state index contributed by atoms with van der Waals surface area (Å²) in [5.41, 5.74) is 2.88. The monoisotopic (exact) mass is 381 g/mol. The molecular weight excluding hydrogens is 358 g/mol. The number of anilines is 1. The number of para-hydroxylation sites is 1. The number of fused-ring (bicyclic) bond motifs is 1. The Morgan fingerprint density at radius 1 is 1.14 bits per heavy atom. The Morgan fingerprint density at radius 3 is 2.61 bits per heavy atom. The van der Waals surface area contributed by atoms with Gasteiger partial charge in [-0.2, -0.15) is 0 Å². The number of aliphatic hydroxyl groups is 2. The lowest BCUT2D eigenvalue weighted by Crippen LogP contribution is -2.58. The van der Waals surface area contributed by atoms with Gasteiger partial charge in [-0.15, -0.1) is 0 Å². The number of benzene rings is 2. The summed E-state index contributed by atoms with van der Waals surface area (Å²) in [4.78, 5) is 14.7. The number of rotatable bonds is 6. The molecule has 7 heteroatoms. The zero-order chi connectivity index (χ0) is 19.5. The number of carbonyl (C=O) groups excluding carboxylic acids is 1. The molecule has 28 heavy (non-hydrogen) atoms.